The van der Waals surface area contributed by atoms with Gasteiger partial charge in [-0.1, -0.05) is 98.3 Å². The summed E-state index contributed by atoms with van der Waals surface area (Å²) >= 11 is 0. The first-order valence-electron chi connectivity index (χ1n) is 14.3. The lowest BCUT2D eigenvalue weighted by Crippen LogP contribution is -2.51. The van der Waals surface area contributed by atoms with E-state index in [0.29, 0.717) is 11.3 Å². The molecule has 0 aromatic heterocycles. The molecule has 0 saturated heterocycles. The van der Waals surface area contributed by atoms with Crippen LogP contribution < -0.4 is 10.6 Å². The average Bonchev–Trinajstić information content (AvgIpc) is 2.98. The van der Waals surface area contributed by atoms with Gasteiger partial charge in [-0.25, -0.2) is 4.79 Å². The number of amides is 3. The van der Waals surface area contributed by atoms with E-state index in [1.54, 1.807) is 32.9 Å². The van der Waals surface area contributed by atoms with E-state index >= 15 is 0 Å². The van der Waals surface area contributed by atoms with Crippen molar-refractivity contribution in [2.45, 2.75) is 58.2 Å². The van der Waals surface area contributed by atoms with Gasteiger partial charge in [-0.15, -0.1) is 0 Å². The Kier molecular flexibility index (Phi) is 9.84. The number of ether oxygens (including phenoxy) is 1. The summed E-state index contributed by atoms with van der Waals surface area (Å²) in [7, 11) is 0. The average molecular weight is 576 g/mol. The summed E-state index contributed by atoms with van der Waals surface area (Å²) in [5.74, 6) is -1.10. The number of hydrogen-bond donors (Lipinski definition) is 2. The lowest BCUT2D eigenvalue weighted by molar-refractivity contribution is -0.136. The zero-order valence-corrected chi connectivity index (χ0v) is 25.0. The maximum atomic E-state index is 14.2. The second-order valence-corrected chi connectivity index (χ2v) is 11.3. The Labute approximate surface area is 253 Å². The summed E-state index contributed by atoms with van der Waals surface area (Å²) in [6.07, 6.45) is 6.16. The Morgan fingerprint density at radius 1 is 0.860 bits per heavy atom. The molecular formula is C36H37N3O4. The van der Waals surface area contributed by atoms with E-state index in [0.717, 1.165) is 33.2 Å². The second-order valence-electron chi connectivity index (χ2n) is 11.3. The number of nitrogens with zero attached hydrogens (tertiary/aromatic N) is 1. The molecule has 0 saturated carbocycles. The van der Waals surface area contributed by atoms with E-state index in [1.165, 1.54) is 0 Å². The van der Waals surface area contributed by atoms with E-state index in [1.807, 2.05) is 91.9 Å². The second kappa shape index (κ2) is 13.7. The predicted octanol–water partition coefficient (Wildman–Crippen LogP) is 6.64. The van der Waals surface area contributed by atoms with Crippen molar-refractivity contribution in [3.8, 4) is 12.5 Å². The van der Waals surface area contributed by atoms with Gasteiger partial charge in [0.2, 0.25) is 0 Å². The highest BCUT2D eigenvalue weighted by Crippen LogP contribution is 2.26. The molecule has 0 aliphatic carbocycles. The molecule has 4 rings (SSSR count). The van der Waals surface area contributed by atoms with Gasteiger partial charge in [0.1, 0.15) is 17.7 Å². The van der Waals surface area contributed by atoms with Gasteiger partial charge in [0.05, 0.1) is 0 Å². The minimum atomic E-state index is -1.17. The molecule has 7 nitrogen and oxygen atoms in total. The Balaban J connectivity index is 1.70. The van der Waals surface area contributed by atoms with Gasteiger partial charge in [0.15, 0.2) is 0 Å². The summed E-state index contributed by atoms with van der Waals surface area (Å²) < 4.78 is 5.45. The summed E-state index contributed by atoms with van der Waals surface area (Å²) in [6, 6.07) is 30.3. The molecule has 7 heteroatoms. The zero-order chi connectivity index (χ0) is 31.0. The van der Waals surface area contributed by atoms with Crippen molar-refractivity contribution in [1.29, 1.82) is 0 Å². The van der Waals surface area contributed by atoms with E-state index in [9.17, 15) is 14.4 Å². The molecule has 0 aliphatic heterocycles. The maximum absolute atomic E-state index is 14.2. The number of aryl methyl sites for hydroxylation is 1. The fraction of sp³-hybridized carbons (Fsp3) is 0.250. The summed E-state index contributed by atoms with van der Waals surface area (Å²) in [6.45, 7) is 7.25. The van der Waals surface area contributed by atoms with Crippen LogP contribution in [0, 0.1) is 12.5 Å². The van der Waals surface area contributed by atoms with Crippen molar-refractivity contribution in [1.82, 2.24) is 10.2 Å². The molecule has 0 radical (unpaired) electrons. The number of carbonyl (C=O) groups excluding carboxylic acids is 3. The van der Waals surface area contributed by atoms with Crippen LogP contribution in [0.5, 0.6) is 0 Å². The highest BCUT2D eigenvalue weighted by atomic mass is 16.6. The summed E-state index contributed by atoms with van der Waals surface area (Å²) in [5.41, 5.74) is 2.20. The first-order valence-corrected chi connectivity index (χ1v) is 14.3. The van der Waals surface area contributed by atoms with Gasteiger partial charge in [-0.3, -0.25) is 14.5 Å². The molecule has 0 aliphatic rings. The molecule has 4 aromatic rings. The van der Waals surface area contributed by atoms with E-state index in [4.69, 9.17) is 11.2 Å². The smallest absolute Gasteiger partial charge is 0.408 e. The number of alkyl carbamates (subject to hydrolysis) is 1. The number of hydrogen-bond acceptors (Lipinski definition) is 4. The molecule has 43 heavy (non-hydrogen) atoms. The molecule has 0 heterocycles. The van der Waals surface area contributed by atoms with Crippen LogP contribution in [-0.2, 0) is 27.2 Å². The SMILES string of the molecule is C#CN(C(=O)C(Cc1ccccc1)NC(=O)OC(C)(C)C)C(C(=O)Nc1ccc2ccccc2c1)c1ccc(CC)cc1. The van der Waals surface area contributed by atoms with Gasteiger partial charge in [0, 0.05) is 18.2 Å². The molecule has 2 unspecified atom stereocenters. The van der Waals surface area contributed by atoms with Gasteiger partial charge < -0.3 is 15.4 Å². The van der Waals surface area contributed by atoms with Crippen molar-refractivity contribution >= 4 is 34.4 Å². The van der Waals surface area contributed by atoms with E-state index < -0.39 is 35.6 Å². The third kappa shape index (κ3) is 8.23. The summed E-state index contributed by atoms with van der Waals surface area (Å²) in [5, 5.41) is 7.63. The highest BCUT2D eigenvalue weighted by molar-refractivity contribution is 6.01. The number of benzene rings is 4. The highest BCUT2D eigenvalue weighted by Gasteiger charge is 2.36. The quantitative estimate of drug-likeness (QED) is 0.173. The normalized spacial score (nSPS) is 12.4. The fourth-order valence-corrected chi connectivity index (χ4v) is 4.76. The van der Waals surface area contributed by atoms with Crippen LogP contribution in [0.4, 0.5) is 10.5 Å². The minimum absolute atomic E-state index is 0.144. The van der Waals surface area contributed by atoms with Crippen LogP contribution in [0.1, 0.15) is 50.4 Å². The first-order chi connectivity index (χ1) is 20.6. The lowest BCUT2D eigenvalue weighted by Gasteiger charge is -2.30. The van der Waals surface area contributed by atoms with Crippen molar-refractivity contribution in [3.63, 3.8) is 0 Å². The predicted molar refractivity (Wildman–Crippen MR) is 170 cm³/mol. The molecule has 2 N–H and O–H groups in total. The number of anilines is 1. The molecule has 220 valence electrons. The molecular weight excluding hydrogens is 538 g/mol. The van der Waals surface area contributed by atoms with Crippen LogP contribution in [0.25, 0.3) is 10.8 Å². The Morgan fingerprint density at radius 2 is 1.51 bits per heavy atom. The van der Waals surface area contributed by atoms with Crippen LogP contribution >= 0.6 is 0 Å². The number of carbonyl (C=O) groups is 3. The molecule has 0 bridgehead atoms. The van der Waals surface area contributed by atoms with Crippen LogP contribution in [-0.4, -0.2) is 34.5 Å². The number of nitrogens with one attached hydrogen (secondary N) is 2. The maximum Gasteiger partial charge on any atom is 0.408 e. The van der Waals surface area contributed by atoms with Crippen LogP contribution in [0.15, 0.2) is 97.1 Å². The van der Waals surface area contributed by atoms with Gasteiger partial charge in [-0.2, -0.15) is 0 Å². The zero-order valence-electron chi connectivity index (χ0n) is 25.0. The monoisotopic (exact) mass is 575 g/mol. The van der Waals surface area contributed by atoms with Crippen molar-refractivity contribution in [2.75, 3.05) is 5.32 Å². The van der Waals surface area contributed by atoms with Crippen molar-refractivity contribution < 1.29 is 19.1 Å². The Hall–Kier alpha value is -5.09. The van der Waals surface area contributed by atoms with Gasteiger partial charge >= 0.3 is 6.09 Å². The standard InChI is InChI=1S/C36H37N3O4/c1-6-25-17-19-28(20-18-25)32(33(40)37-30-22-21-27-15-11-12-16-29(27)24-30)39(7-2)34(41)31(23-26-13-9-8-10-14-26)38-35(42)43-36(3,4)5/h2,8-22,24,31-32H,6,23H2,1,3-5H3,(H,37,40)(H,38,42). The Bertz CT molecular complexity index is 1620. The third-order valence-corrected chi connectivity index (χ3v) is 6.88. The largest absolute Gasteiger partial charge is 0.444 e. The van der Waals surface area contributed by atoms with Crippen LogP contribution in [0.2, 0.25) is 0 Å². The first kappa shape index (κ1) is 30.9. The van der Waals surface area contributed by atoms with Crippen LogP contribution in [0.3, 0.4) is 0 Å². The number of terminal acetylenes is 1. The molecule has 0 fully saturated rings. The molecule has 4 aromatic carbocycles. The summed E-state index contributed by atoms with van der Waals surface area (Å²) in [4.78, 5) is 42.1. The third-order valence-electron chi connectivity index (χ3n) is 6.88. The fourth-order valence-electron chi connectivity index (χ4n) is 4.76. The number of rotatable bonds is 9. The topological polar surface area (TPSA) is 87.7 Å². The molecule has 2 atom stereocenters. The van der Waals surface area contributed by atoms with Crippen molar-refractivity contribution in [3.05, 3.63) is 114 Å². The van der Waals surface area contributed by atoms with Gasteiger partial charge in [0.25, 0.3) is 11.8 Å². The van der Waals surface area contributed by atoms with Crippen molar-refractivity contribution in [2.24, 2.45) is 0 Å². The van der Waals surface area contributed by atoms with Gasteiger partial charge in [-0.05, 0) is 66.8 Å². The number of fused-ring (bicyclic) bond motifs is 1. The molecule has 3 amide bonds. The molecule has 0 spiro atoms. The minimum Gasteiger partial charge on any atom is -0.444 e. The lowest BCUT2D eigenvalue weighted by atomic mass is 9.99. The van der Waals surface area contributed by atoms with E-state index in [2.05, 4.69) is 16.7 Å². The van der Waals surface area contributed by atoms with E-state index in [-0.39, 0.29) is 6.42 Å². The Morgan fingerprint density at radius 3 is 2.14 bits per heavy atom.